The minimum atomic E-state index is -1.68. The SMILES string of the molecule is CCCCC/C=C/c1ccccc1CO[Si](C)(C)C(C)(C)C. The van der Waals surface area contributed by atoms with Crippen molar-refractivity contribution in [3.63, 3.8) is 0 Å². The topological polar surface area (TPSA) is 9.23 Å². The molecule has 22 heavy (non-hydrogen) atoms. The molecule has 1 rings (SSSR count). The standard InChI is InChI=1S/C20H34OSi/c1-7-8-9-10-11-14-18-15-12-13-16-19(18)17-21-22(5,6)20(2,3)4/h11-16H,7-10,17H2,1-6H3/b14-11+. The minimum Gasteiger partial charge on any atom is -0.413 e. The van der Waals surface area contributed by atoms with Crippen LogP contribution in [0.3, 0.4) is 0 Å². The van der Waals surface area contributed by atoms with Crippen LogP contribution in [0, 0.1) is 0 Å². The van der Waals surface area contributed by atoms with Crippen LogP contribution in [0.5, 0.6) is 0 Å². The van der Waals surface area contributed by atoms with Gasteiger partial charge in [-0.15, -0.1) is 0 Å². The van der Waals surface area contributed by atoms with Crippen molar-refractivity contribution in [1.29, 1.82) is 0 Å². The van der Waals surface area contributed by atoms with Gasteiger partial charge in [-0.3, -0.25) is 0 Å². The second kappa shape index (κ2) is 8.69. The average Bonchev–Trinajstić information content (AvgIpc) is 2.45. The van der Waals surface area contributed by atoms with Crippen LogP contribution in [0.1, 0.15) is 64.5 Å². The van der Waals surface area contributed by atoms with Gasteiger partial charge in [-0.05, 0) is 42.1 Å². The maximum Gasteiger partial charge on any atom is 0.192 e. The highest BCUT2D eigenvalue weighted by molar-refractivity contribution is 6.74. The van der Waals surface area contributed by atoms with Gasteiger partial charge >= 0.3 is 0 Å². The number of unbranched alkanes of at least 4 members (excludes halogenated alkanes) is 3. The van der Waals surface area contributed by atoms with Gasteiger partial charge in [0.05, 0.1) is 6.61 Å². The summed E-state index contributed by atoms with van der Waals surface area (Å²) >= 11 is 0. The van der Waals surface area contributed by atoms with Crippen molar-refractivity contribution in [2.75, 3.05) is 0 Å². The first-order valence-corrected chi connectivity index (χ1v) is 11.6. The zero-order valence-corrected chi connectivity index (χ0v) is 16.4. The molecule has 0 N–H and O–H groups in total. The van der Waals surface area contributed by atoms with E-state index in [0.717, 1.165) is 6.61 Å². The van der Waals surface area contributed by atoms with Crippen molar-refractivity contribution in [3.8, 4) is 0 Å². The summed E-state index contributed by atoms with van der Waals surface area (Å²) in [6, 6.07) is 8.61. The van der Waals surface area contributed by atoms with Crippen LogP contribution >= 0.6 is 0 Å². The normalized spacial score (nSPS) is 13.0. The molecule has 2 heteroatoms. The summed E-state index contributed by atoms with van der Waals surface area (Å²) in [4.78, 5) is 0. The minimum absolute atomic E-state index is 0.262. The van der Waals surface area contributed by atoms with E-state index in [0.29, 0.717) is 0 Å². The molecular formula is C20H34OSi. The van der Waals surface area contributed by atoms with Gasteiger partial charge in [0.2, 0.25) is 0 Å². The number of rotatable bonds is 8. The smallest absolute Gasteiger partial charge is 0.192 e. The molecule has 0 fully saturated rings. The lowest BCUT2D eigenvalue weighted by Gasteiger charge is -2.36. The molecule has 1 nitrogen and oxygen atoms in total. The molecule has 1 aromatic rings. The third kappa shape index (κ3) is 6.10. The molecule has 0 unspecified atom stereocenters. The lowest BCUT2D eigenvalue weighted by Crippen LogP contribution is -2.40. The van der Waals surface area contributed by atoms with Crippen molar-refractivity contribution in [2.45, 2.75) is 78.1 Å². The van der Waals surface area contributed by atoms with Crippen molar-refractivity contribution in [1.82, 2.24) is 0 Å². The van der Waals surface area contributed by atoms with Crippen LogP contribution in [0.25, 0.3) is 6.08 Å². The molecule has 0 radical (unpaired) electrons. The van der Waals surface area contributed by atoms with E-state index in [2.05, 4.69) is 77.2 Å². The Hall–Kier alpha value is -0.863. The van der Waals surface area contributed by atoms with E-state index in [-0.39, 0.29) is 5.04 Å². The van der Waals surface area contributed by atoms with Crippen LogP contribution in [0.15, 0.2) is 30.3 Å². The lowest BCUT2D eigenvalue weighted by atomic mass is 10.1. The zero-order chi connectivity index (χ0) is 16.6. The van der Waals surface area contributed by atoms with Crippen LogP contribution in [0.2, 0.25) is 18.1 Å². The number of benzene rings is 1. The van der Waals surface area contributed by atoms with Gasteiger partial charge in [0.25, 0.3) is 0 Å². The van der Waals surface area contributed by atoms with Crippen molar-refractivity contribution in [2.24, 2.45) is 0 Å². The molecule has 1 aromatic carbocycles. The maximum absolute atomic E-state index is 6.37. The van der Waals surface area contributed by atoms with E-state index in [4.69, 9.17) is 4.43 Å². The molecule has 0 heterocycles. The Labute approximate surface area is 138 Å². The summed E-state index contributed by atoms with van der Waals surface area (Å²) in [5, 5.41) is 0.262. The molecule has 0 atom stereocenters. The maximum atomic E-state index is 6.37. The van der Waals surface area contributed by atoms with Crippen molar-refractivity contribution < 1.29 is 4.43 Å². The zero-order valence-electron chi connectivity index (χ0n) is 15.4. The van der Waals surface area contributed by atoms with E-state index < -0.39 is 8.32 Å². The summed E-state index contributed by atoms with van der Waals surface area (Å²) in [5.74, 6) is 0. The summed E-state index contributed by atoms with van der Waals surface area (Å²) in [5.41, 5.74) is 2.61. The van der Waals surface area contributed by atoms with Crippen molar-refractivity contribution >= 4 is 14.4 Å². The van der Waals surface area contributed by atoms with Gasteiger partial charge < -0.3 is 4.43 Å². The van der Waals surface area contributed by atoms with Gasteiger partial charge in [-0.2, -0.15) is 0 Å². The first-order chi connectivity index (χ1) is 10.3. The molecule has 0 aliphatic rings. The molecule has 0 aliphatic carbocycles. The predicted octanol–water partition coefficient (Wildman–Crippen LogP) is 6.80. The van der Waals surface area contributed by atoms with Gasteiger partial charge in [-0.1, -0.05) is 77.0 Å². The average molecular weight is 319 g/mol. The van der Waals surface area contributed by atoms with E-state index in [1.54, 1.807) is 0 Å². The van der Waals surface area contributed by atoms with E-state index in [1.807, 2.05) is 0 Å². The molecule has 0 aliphatic heterocycles. The Morgan fingerprint density at radius 3 is 2.41 bits per heavy atom. The van der Waals surface area contributed by atoms with Crippen molar-refractivity contribution in [3.05, 3.63) is 41.5 Å². The monoisotopic (exact) mass is 318 g/mol. The number of hydrogen-bond donors (Lipinski definition) is 0. The molecule has 0 amide bonds. The molecule has 0 bridgehead atoms. The molecule has 0 saturated heterocycles. The molecule has 0 aromatic heterocycles. The summed E-state index contributed by atoms with van der Waals surface area (Å²) < 4.78 is 6.37. The first-order valence-electron chi connectivity index (χ1n) is 8.66. The summed E-state index contributed by atoms with van der Waals surface area (Å²) in [7, 11) is -1.68. The third-order valence-corrected chi connectivity index (χ3v) is 9.20. The Morgan fingerprint density at radius 1 is 1.09 bits per heavy atom. The van der Waals surface area contributed by atoms with Crippen LogP contribution < -0.4 is 0 Å². The van der Waals surface area contributed by atoms with Gasteiger partial charge in [-0.25, -0.2) is 0 Å². The van der Waals surface area contributed by atoms with Gasteiger partial charge in [0, 0.05) is 0 Å². The Kier molecular flexibility index (Phi) is 7.57. The Balaban J connectivity index is 2.68. The predicted molar refractivity (Wildman–Crippen MR) is 102 cm³/mol. The first kappa shape index (κ1) is 19.2. The highest BCUT2D eigenvalue weighted by Gasteiger charge is 2.37. The highest BCUT2D eigenvalue weighted by Crippen LogP contribution is 2.37. The fraction of sp³-hybridized carbons (Fsp3) is 0.600. The second-order valence-electron chi connectivity index (χ2n) is 7.65. The van der Waals surface area contributed by atoms with E-state index in [1.165, 1.54) is 36.8 Å². The largest absolute Gasteiger partial charge is 0.413 e. The third-order valence-electron chi connectivity index (χ3n) is 4.72. The van der Waals surface area contributed by atoms with Gasteiger partial charge in [0.1, 0.15) is 0 Å². The van der Waals surface area contributed by atoms with E-state index in [9.17, 15) is 0 Å². The lowest BCUT2D eigenvalue weighted by molar-refractivity contribution is 0.276. The quantitative estimate of drug-likeness (QED) is 0.378. The Morgan fingerprint density at radius 2 is 1.77 bits per heavy atom. The summed E-state index contributed by atoms with van der Waals surface area (Å²) in [6.07, 6.45) is 9.63. The molecular weight excluding hydrogens is 284 g/mol. The van der Waals surface area contributed by atoms with Crippen LogP contribution in [-0.4, -0.2) is 8.32 Å². The van der Waals surface area contributed by atoms with E-state index >= 15 is 0 Å². The fourth-order valence-corrected chi connectivity index (χ4v) is 2.97. The second-order valence-corrected chi connectivity index (χ2v) is 12.5. The number of hydrogen-bond acceptors (Lipinski definition) is 1. The molecule has 0 spiro atoms. The highest BCUT2D eigenvalue weighted by atomic mass is 28.4. The molecule has 124 valence electrons. The fourth-order valence-electron chi connectivity index (χ4n) is 2.03. The summed E-state index contributed by atoms with van der Waals surface area (Å²) in [6.45, 7) is 14.5. The molecule has 0 saturated carbocycles. The number of allylic oxidation sites excluding steroid dienone is 1. The van der Waals surface area contributed by atoms with Crippen LogP contribution in [0.4, 0.5) is 0 Å². The Bertz CT molecular complexity index is 469. The van der Waals surface area contributed by atoms with Crippen LogP contribution in [-0.2, 0) is 11.0 Å². The van der Waals surface area contributed by atoms with Gasteiger partial charge in [0.15, 0.2) is 8.32 Å².